The zero-order chi connectivity index (χ0) is 10.2. The number of halogens is 2. The molecule has 72 valence electrons. The molecule has 0 aliphatic heterocycles. The maximum absolute atomic E-state index is 9.70. The molecule has 0 fully saturated rings. The molecule has 1 nitrogen and oxygen atoms in total. The average molecular weight is 308 g/mol. The lowest BCUT2D eigenvalue weighted by atomic mass is 9.86. The van der Waals surface area contributed by atoms with Crippen molar-refractivity contribution in [2.45, 2.75) is 26.2 Å². The number of aromatic hydroxyl groups is 1. The summed E-state index contributed by atoms with van der Waals surface area (Å²) in [5, 5.41) is 9.70. The van der Waals surface area contributed by atoms with Crippen LogP contribution >= 0.6 is 31.9 Å². The van der Waals surface area contributed by atoms with Gasteiger partial charge in [-0.05, 0) is 49.4 Å². The van der Waals surface area contributed by atoms with Gasteiger partial charge in [-0.2, -0.15) is 0 Å². The second kappa shape index (κ2) is 3.62. The minimum atomic E-state index is -0.0344. The highest BCUT2D eigenvalue weighted by molar-refractivity contribution is 9.13. The highest BCUT2D eigenvalue weighted by atomic mass is 79.9. The Bertz CT molecular complexity index is 326. The smallest absolute Gasteiger partial charge is 0.120 e. The van der Waals surface area contributed by atoms with Gasteiger partial charge in [-0.1, -0.05) is 20.8 Å². The van der Waals surface area contributed by atoms with Crippen LogP contribution in [0, 0.1) is 0 Å². The van der Waals surface area contributed by atoms with Crippen molar-refractivity contribution in [1.82, 2.24) is 0 Å². The summed E-state index contributed by atoms with van der Waals surface area (Å²) in [6, 6.07) is 3.66. The van der Waals surface area contributed by atoms with Crippen LogP contribution in [0.3, 0.4) is 0 Å². The van der Waals surface area contributed by atoms with Crippen molar-refractivity contribution >= 4 is 31.9 Å². The second-order valence-corrected chi connectivity index (χ2v) is 5.74. The van der Waals surface area contributed by atoms with Crippen LogP contribution in [0.15, 0.2) is 21.1 Å². The van der Waals surface area contributed by atoms with E-state index in [1.807, 2.05) is 6.07 Å². The third-order valence-corrected chi connectivity index (χ3v) is 3.69. The Morgan fingerprint density at radius 1 is 1.08 bits per heavy atom. The SMILES string of the molecule is CC(C)(C)c1cc(Br)c(Br)cc1O. The highest BCUT2D eigenvalue weighted by Gasteiger charge is 2.19. The van der Waals surface area contributed by atoms with Gasteiger partial charge in [-0.25, -0.2) is 0 Å². The van der Waals surface area contributed by atoms with Crippen LogP contribution in [0.4, 0.5) is 0 Å². The fourth-order valence-electron chi connectivity index (χ4n) is 1.14. The Hall–Kier alpha value is -0.0200. The second-order valence-electron chi connectivity index (χ2n) is 4.03. The Labute approximate surface area is 95.4 Å². The topological polar surface area (TPSA) is 20.2 Å². The van der Waals surface area contributed by atoms with Gasteiger partial charge in [0.2, 0.25) is 0 Å². The predicted octanol–water partition coefficient (Wildman–Crippen LogP) is 4.21. The van der Waals surface area contributed by atoms with Crippen LogP contribution in [0.5, 0.6) is 5.75 Å². The lowest BCUT2D eigenvalue weighted by Crippen LogP contribution is -2.11. The highest BCUT2D eigenvalue weighted by Crippen LogP contribution is 2.36. The van der Waals surface area contributed by atoms with E-state index < -0.39 is 0 Å². The van der Waals surface area contributed by atoms with Gasteiger partial charge in [0.25, 0.3) is 0 Å². The summed E-state index contributed by atoms with van der Waals surface area (Å²) in [5.74, 6) is 0.336. The van der Waals surface area contributed by atoms with Gasteiger partial charge in [0.15, 0.2) is 0 Å². The van der Waals surface area contributed by atoms with E-state index in [0.717, 1.165) is 14.5 Å². The third-order valence-electron chi connectivity index (χ3n) is 1.85. The van der Waals surface area contributed by atoms with Crippen molar-refractivity contribution in [1.29, 1.82) is 0 Å². The number of phenols is 1. The molecular weight excluding hydrogens is 296 g/mol. The van der Waals surface area contributed by atoms with Crippen LogP contribution in [0.25, 0.3) is 0 Å². The van der Waals surface area contributed by atoms with Crippen LogP contribution in [0.2, 0.25) is 0 Å². The maximum Gasteiger partial charge on any atom is 0.120 e. The summed E-state index contributed by atoms with van der Waals surface area (Å²) in [6.07, 6.45) is 0. The molecule has 0 aromatic heterocycles. The maximum atomic E-state index is 9.70. The average Bonchev–Trinajstić information content (AvgIpc) is 1.94. The van der Waals surface area contributed by atoms with Crippen molar-refractivity contribution in [2.24, 2.45) is 0 Å². The van der Waals surface area contributed by atoms with E-state index in [1.54, 1.807) is 6.07 Å². The molecule has 0 spiro atoms. The predicted molar refractivity (Wildman–Crippen MR) is 62.2 cm³/mol. The van der Waals surface area contributed by atoms with Gasteiger partial charge in [-0.3, -0.25) is 0 Å². The molecule has 1 N–H and O–H groups in total. The Morgan fingerprint density at radius 3 is 2.00 bits per heavy atom. The molecule has 0 amide bonds. The number of phenolic OH excluding ortho intramolecular Hbond substituents is 1. The first kappa shape index (κ1) is 11.1. The molecule has 3 heteroatoms. The summed E-state index contributed by atoms with van der Waals surface area (Å²) < 4.78 is 1.84. The standard InChI is InChI=1S/C10H12Br2O/c1-10(2,3)6-4-7(11)8(12)5-9(6)13/h4-5,13H,1-3H3. The zero-order valence-corrected chi connectivity index (χ0v) is 11.0. The third kappa shape index (κ3) is 2.47. The Morgan fingerprint density at radius 2 is 1.54 bits per heavy atom. The number of hydrogen-bond acceptors (Lipinski definition) is 1. The molecule has 0 unspecified atom stereocenters. The fourth-order valence-corrected chi connectivity index (χ4v) is 1.81. The van der Waals surface area contributed by atoms with Gasteiger partial charge >= 0.3 is 0 Å². The number of benzene rings is 1. The van der Waals surface area contributed by atoms with E-state index in [2.05, 4.69) is 52.6 Å². The normalized spacial score (nSPS) is 11.8. The largest absolute Gasteiger partial charge is 0.508 e. The minimum absolute atomic E-state index is 0.0344. The van der Waals surface area contributed by atoms with Gasteiger partial charge in [-0.15, -0.1) is 0 Å². The van der Waals surface area contributed by atoms with E-state index in [9.17, 15) is 5.11 Å². The van der Waals surface area contributed by atoms with E-state index in [4.69, 9.17) is 0 Å². The summed E-state index contributed by atoms with van der Waals surface area (Å²) in [4.78, 5) is 0. The molecule has 0 aliphatic carbocycles. The van der Waals surface area contributed by atoms with E-state index >= 15 is 0 Å². The molecule has 0 radical (unpaired) electrons. The van der Waals surface area contributed by atoms with E-state index in [1.165, 1.54) is 0 Å². The van der Waals surface area contributed by atoms with Crippen molar-refractivity contribution in [2.75, 3.05) is 0 Å². The zero-order valence-electron chi connectivity index (χ0n) is 7.86. The fraction of sp³-hybridized carbons (Fsp3) is 0.400. The first-order chi connectivity index (χ1) is 5.82. The quantitative estimate of drug-likeness (QED) is 0.761. The molecule has 0 aliphatic rings. The first-order valence-electron chi connectivity index (χ1n) is 4.01. The molecule has 1 rings (SSSR count). The summed E-state index contributed by atoms with van der Waals surface area (Å²) in [6.45, 7) is 6.22. The van der Waals surface area contributed by atoms with Gasteiger partial charge < -0.3 is 5.11 Å². The molecule has 0 atom stereocenters. The Kier molecular flexibility index (Phi) is 3.08. The van der Waals surface area contributed by atoms with Gasteiger partial charge in [0.1, 0.15) is 5.75 Å². The molecule has 0 saturated carbocycles. The van der Waals surface area contributed by atoms with Crippen LogP contribution in [0.1, 0.15) is 26.3 Å². The van der Waals surface area contributed by atoms with Crippen molar-refractivity contribution < 1.29 is 5.11 Å². The summed E-state index contributed by atoms with van der Waals surface area (Å²) in [5.41, 5.74) is 0.912. The lowest BCUT2D eigenvalue weighted by molar-refractivity contribution is 0.446. The molecule has 1 aromatic carbocycles. The molecule has 13 heavy (non-hydrogen) atoms. The van der Waals surface area contributed by atoms with E-state index in [-0.39, 0.29) is 5.41 Å². The monoisotopic (exact) mass is 306 g/mol. The lowest BCUT2D eigenvalue weighted by Gasteiger charge is -2.20. The first-order valence-corrected chi connectivity index (χ1v) is 5.59. The molecule has 0 saturated heterocycles. The van der Waals surface area contributed by atoms with Crippen LogP contribution in [-0.4, -0.2) is 5.11 Å². The van der Waals surface area contributed by atoms with Crippen LogP contribution < -0.4 is 0 Å². The van der Waals surface area contributed by atoms with Crippen LogP contribution in [-0.2, 0) is 5.41 Å². The molecule has 0 bridgehead atoms. The minimum Gasteiger partial charge on any atom is -0.508 e. The van der Waals surface area contributed by atoms with Crippen molar-refractivity contribution in [3.05, 3.63) is 26.6 Å². The number of rotatable bonds is 0. The van der Waals surface area contributed by atoms with Gasteiger partial charge in [0, 0.05) is 14.5 Å². The van der Waals surface area contributed by atoms with Crippen molar-refractivity contribution in [3.63, 3.8) is 0 Å². The molecular formula is C10H12Br2O. The van der Waals surface area contributed by atoms with Gasteiger partial charge in [0.05, 0.1) is 0 Å². The van der Waals surface area contributed by atoms with E-state index in [0.29, 0.717) is 5.75 Å². The molecule has 0 heterocycles. The molecule has 1 aromatic rings. The summed E-state index contributed by atoms with van der Waals surface area (Å²) >= 11 is 6.75. The number of hydrogen-bond donors (Lipinski definition) is 1. The summed E-state index contributed by atoms with van der Waals surface area (Å²) in [7, 11) is 0. The Balaban J connectivity index is 3.32. The van der Waals surface area contributed by atoms with Crippen molar-refractivity contribution in [3.8, 4) is 5.75 Å².